The third-order valence-corrected chi connectivity index (χ3v) is 7.71. The van der Waals surface area contributed by atoms with Crippen LogP contribution in [-0.4, -0.2) is 44.3 Å². The van der Waals surface area contributed by atoms with Gasteiger partial charge in [0, 0.05) is 5.69 Å². The molecule has 2 heterocycles. The normalized spacial score (nSPS) is 17.4. The zero-order chi connectivity index (χ0) is 24.2. The number of nitrogens with two attached hydrogens (primary N) is 1. The van der Waals surface area contributed by atoms with Gasteiger partial charge in [-0.25, -0.2) is 12.8 Å². The second-order valence-corrected chi connectivity index (χ2v) is 10.1. The van der Waals surface area contributed by atoms with Crippen molar-refractivity contribution in [2.24, 2.45) is 0 Å². The van der Waals surface area contributed by atoms with Gasteiger partial charge < -0.3 is 10.5 Å². The van der Waals surface area contributed by atoms with E-state index in [4.69, 9.17) is 22.1 Å². The molecule has 1 atom stereocenters. The van der Waals surface area contributed by atoms with E-state index in [1.54, 1.807) is 24.3 Å². The lowest BCUT2D eigenvalue weighted by Gasteiger charge is -2.37. The quantitative estimate of drug-likeness (QED) is 0.434. The number of carbonyl (C=O) groups excluding carboxylic acids is 2. The Labute approximate surface area is 199 Å². The summed E-state index contributed by atoms with van der Waals surface area (Å²) in [5.74, 6) is -1.52. The number of benzene rings is 3. The predicted octanol–water partition coefficient (Wildman–Crippen LogP) is 3.31. The summed E-state index contributed by atoms with van der Waals surface area (Å²) in [5.41, 5.74) is 6.75. The maximum absolute atomic E-state index is 13.5. The Morgan fingerprint density at radius 2 is 1.65 bits per heavy atom. The van der Waals surface area contributed by atoms with Crippen molar-refractivity contribution in [1.29, 1.82) is 0 Å². The lowest BCUT2D eigenvalue weighted by Crippen LogP contribution is -2.49. The number of hydrogen-bond acceptors (Lipinski definition) is 6. The lowest BCUT2D eigenvalue weighted by molar-refractivity contribution is 0.0573. The van der Waals surface area contributed by atoms with Crippen molar-refractivity contribution in [3.05, 3.63) is 82.6 Å². The number of imide groups is 1. The van der Waals surface area contributed by atoms with E-state index in [9.17, 15) is 22.4 Å². The molecule has 0 spiro atoms. The van der Waals surface area contributed by atoms with Crippen LogP contribution in [0.3, 0.4) is 0 Å². The number of ether oxygens (including phenoxy) is 1. The molecule has 0 fully saturated rings. The molecule has 11 heteroatoms. The molecule has 34 heavy (non-hydrogen) atoms. The zero-order valence-electron chi connectivity index (χ0n) is 17.4. The Balaban J connectivity index is 1.53. The third-order valence-electron chi connectivity index (χ3n) is 5.64. The van der Waals surface area contributed by atoms with Gasteiger partial charge in [-0.15, -0.1) is 0 Å². The van der Waals surface area contributed by atoms with Crippen molar-refractivity contribution in [2.75, 3.05) is 23.1 Å². The summed E-state index contributed by atoms with van der Waals surface area (Å²) in [6, 6.07) is 13.6. The number of anilines is 2. The van der Waals surface area contributed by atoms with E-state index < -0.39 is 33.8 Å². The molecule has 5 rings (SSSR count). The number of hydrogen-bond donors (Lipinski definition) is 1. The summed E-state index contributed by atoms with van der Waals surface area (Å²) in [4.78, 5) is 26.5. The number of fused-ring (bicyclic) bond motifs is 2. The minimum atomic E-state index is -4.19. The van der Waals surface area contributed by atoms with Crippen LogP contribution in [0, 0.1) is 5.82 Å². The molecule has 8 nitrogen and oxygen atoms in total. The highest BCUT2D eigenvalue weighted by molar-refractivity contribution is 7.92. The van der Waals surface area contributed by atoms with Gasteiger partial charge in [0.05, 0.1) is 39.8 Å². The molecule has 0 aliphatic carbocycles. The standard InChI is InChI=1S/C23H17ClFN3O5S/c24-19-9-14(26)10-20-21(19)33-15(11-27-22(29)17-3-1-2-4-18(17)23(27)30)12-28(20)34(31,32)16-7-5-13(25)6-8-16/h1-10,15H,11-12,26H2. The predicted molar refractivity (Wildman–Crippen MR) is 123 cm³/mol. The second kappa shape index (κ2) is 8.00. The Kier molecular flexibility index (Phi) is 5.22. The molecule has 174 valence electrons. The average molecular weight is 502 g/mol. The van der Waals surface area contributed by atoms with Crippen molar-refractivity contribution in [2.45, 2.75) is 11.0 Å². The maximum atomic E-state index is 13.5. The van der Waals surface area contributed by atoms with E-state index in [-0.39, 0.29) is 51.3 Å². The molecule has 0 saturated heterocycles. The molecular weight excluding hydrogens is 485 g/mol. The Hall–Kier alpha value is -3.63. The first kappa shape index (κ1) is 22.2. The summed E-state index contributed by atoms with van der Waals surface area (Å²) in [6.07, 6.45) is -0.925. The molecule has 0 saturated carbocycles. The molecular formula is C23H17ClFN3O5S. The van der Waals surface area contributed by atoms with Gasteiger partial charge in [-0.05, 0) is 48.5 Å². The van der Waals surface area contributed by atoms with Gasteiger partial charge in [0.1, 0.15) is 11.9 Å². The highest BCUT2D eigenvalue weighted by atomic mass is 35.5. The number of rotatable bonds is 4. The fraction of sp³-hybridized carbons (Fsp3) is 0.130. The lowest BCUT2D eigenvalue weighted by atomic mass is 10.1. The van der Waals surface area contributed by atoms with Crippen molar-refractivity contribution < 1.29 is 27.1 Å². The van der Waals surface area contributed by atoms with E-state index in [0.29, 0.717) is 0 Å². The van der Waals surface area contributed by atoms with Gasteiger partial charge >= 0.3 is 0 Å². The van der Waals surface area contributed by atoms with Crippen molar-refractivity contribution in [3.63, 3.8) is 0 Å². The van der Waals surface area contributed by atoms with Gasteiger partial charge in [-0.2, -0.15) is 0 Å². The van der Waals surface area contributed by atoms with Crippen LogP contribution < -0.4 is 14.8 Å². The van der Waals surface area contributed by atoms with Crippen molar-refractivity contribution in [1.82, 2.24) is 4.90 Å². The fourth-order valence-electron chi connectivity index (χ4n) is 4.05. The summed E-state index contributed by atoms with van der Waals surface area (Å²) >= 11 is 6.32. The highest BCUT2D eigenvalue weighted by Gasteiger charge is 2.41. The van der Waals surface area contributed by atoms with Crippen molar-refractivity contribution in [3.8, 4) is 5.75 Å². The number of sulfonamides is 1. The summed E-state index contributed by atoms with van der Waals surface area (Å²) in [7, 11) is -4.19. The summed E-state index contributed by atoms with van der Waals surface area (Å²) in [5, 5.41) is 0.0707. The van der Waals surface area contributed by atoms with Crippen LogP contribution >= 0.6 is 11.6 Å². The van der Waals surface area contributed by atoms with Gasteiger partial charge in [-0.3, -0.25) is 18.8 Å². The van der Waals surface area contributed by atoms with Crippen LogP contribution in [-0.2, 0) is 10.0 Å². The van der Waals surface area contributed by atoms with Gasteiger partial charge in [-0.1, -0.05) is 23.7 Å². The van der Waals surface area contributed by atoms with Crippen molar-refractivity contribution >= 4 is 44.8 Å². The first-order valence-electron chi connectivity index (χ1n) is 10.2. The van der Waals surface area contributed by atoms with Crippen LogP contribution in [0.2, 0.25) is 5.02 Å². The Bertz CT molecular complexity index is 1410. The van der Waals surface area contributed by atoms with E-state index in [1.807, 2.05) is 0 Å². The number of nitrogens with zero attached hydrogens (tertiary/aromatic N) is 2. The fourth-order valence-corrected chi connectivity index (χ4v) is 5.81. The second-order valence-electron chi connectivity index (χ2n) is 7.85. The zero-order valence-corrected chi connectivity index (χ0v) is 19.0. The number of amides is 2. The average Bonchev–Trinajstić information content (AvgIpc) is 3.04. The van der Waals surface area contributed by atoms with Crippen LogP contribution in [0.25, 0.3) is 0 Å². The van der Waals surface area contributed by atoms with Crippen LogP contribution in [0.15, 0.2) is 65.6 Å². The van der Waals surface area contributed by atoms with E-state index in [0.717, 1.165) is 33.5 Å². The molecule has 0 radical (unpaired) electrons. The topological polar surface area (TPSA) is 110 Å². The van der Waals surface area contributed by atoms with Gasteiger partial charge in [0.25, 0.3) is 21.8 Å². The number of carbonyl (C=O) groups is 2. The molecule has 2 aliphatic heterocycles. The molecule has 3 aromatic carbocycles. The minimum Gasteiger partial charge on any atom is -0.483 e. The monoisotopic (exact) mass is 501 g/mol. The first-order chi connectivity index (χ1) is 16.2. The van der Waals surface area contributed by atoms with Crippen LogP contribution in [0.5, 0.6) is 5.75 Å². The first-order valence-corrected chi connectivity index (χ1v) is 12.0. The molecule has 2 N–H and O–H groups in total. The number of nitrogen functional groups attached to an aromatic ring is 1. The van der Waals surface area contributed by atoms with Gasteiger partial charge in [0.15, 0.2) is 5.75 Å². The largest absolute Gasteiger partial charge is 0.483 e. The Morgan fingerprint density at radius 1 is 1.03 bits per heavy atom. The van der Waals surface area contributed by atoms with E-state index in [1.165, 1.54) is 12.1 Å². The van der Waals surface area contributed by atoms with Crippen LogP contribution in [0.1, 0.15) is 20.7 Å². The smallest absolute Gasteiger partial charge is 0.264 e. The molecule has 0 bridgehead atoms. The molecule has 2 aliphatic rings. The minimum absolute atomic E-state index is 0.0504. The molecule has 0 aromatic heterocycles. The highest BCUT2D eigenvalue weighted by Crippen LogP contribution is 2.43. The summed E-state index contributed by atoms with van der Waals surface area (Å²) in [6.45, 7) is -0.443. The Morgan fingerprint density at radius 3 is 2.26 bits per heavy atom. The SMILES string of the molecule is Nc1cc(Cl)c2c(c1)N(S(=O)(=O)c1ccc(F)cc1)CC(CN1C(=O)c3ccccc3C1=O)O2. The summed E-state index contributed by atoms with van der Waals surface area (Å²) < 4.78 is 47.4. The molecule has 1 unspecified atom stereocenters. The molecule has 2 amide bonds. The van der Waals surface area contributed by atoms with Gasteiger partial charge in [0.2, 0.25) is 0 Å². The van der Waals surface area contributed by atoms with E-state index >= 15 is 0 Å². The van der Waals surface area contributed by atoms with E-state index in [2.05, 4.69) is 0 Å². The number of halogens is 2. The third kappa shape index (κ3) is 3.55. The van der Waals surface area contributed by atoms with Crippen LogP contribution in [0.4, 0.5) is 15.8 Å². The molecule has 3 aromatic rings. The maximum Gasteiger partial charge on any atom is 0.264 e.